The number of aliphatic carboxylic acids is 1. The Kier molecular flexibility index (Phi) is 3.43. The highest BCUT2D eigenvalue weighted by Gasteiger charge is 2.16. The molecule has 0 aliphatic heterocycles. The topological polar surface area (TPSA) is 81.4 Å². The molecule has 0 radical (unpaired) electrons. The number of nitrogens with zero attached hydrogens (tertiary/aromatic N) is 2. The summed E-state index contributed by atoms with van der Waals surface area (Å²) in [5.41, 5.74) is 0.255. The molecule has 0 bridgehead atoms. The molecular formula is C9H12N2O4. The van der Waals surface area contributed by atoms with Crippen molar-refractivity contribution >= 4 is 11.9 Å². The lowest BCUT2D eigenvalue weighted by Gasteiger charge is -2.04. The predicted molar refractivity (Wildman–Crippen MR) is 50.5 cm³/mol. The number of carboxylic acids is 1. The Morgan fingerprint density at radius 1 is 1.67 bits per heavy atom. The molecule has 82 valence electrons. The van der Waals surface area contributed by atoms with Crippen LogP contribution in [-0.2, 0) is 9.53 Å². The molecule has 1 heterocycles. The van der Waals surface area contributed by atoms with Crippen molar-refractivity contribution in [1.29, 1.82) is 0 Å². The van der Waals surface area contributed by atoms with Gasteiger partial charge in [-0.3, -0.25) is 4.68 Å². The third-order valence-electron chi connectivity index (χ3n) is 1.87. The molecule has 0 spiro atoms. The van der Waals surface area contributed by atoms with E-state index in [2.05, 4.69) is 5.10 Å². The van der Waals surface area contributed by atoms with Gasteiger partial charge in [0.1, 0.15) is 6.04 Å². The van der Waals surface area contributed by atoms with E-state index in [9.17, 15) is 9.59 Å². The normalized spacial score (nSPS) is 12.1. The molecule has 0 unspecified atom stereocenters. The molecule has 15 heavy (non-hydrogen) atoms. The number of esters is 1. The van der Waals surface area contributed by atoms with Gasteiger partial charge < -0.3 is 9.84 Å². The lowest BCUT2D eigenvalue weighted by Crippen LogP contribution is -2.15. The smallest absolute Gasteiger partial charge is 0.341 e. The van der Waals surface area contributed by atoms with E-state index in [1.165, 1.54) is 24.0 Å². The average molecular weight is 212 g/mol. The van der Waals surface area contributed by atoms with Crippen LogP contribution in [0.5, 0.6) is 0 Å². The molecule has 0 saturated heterocycles. The summed E-state index contributed by atoms with van der Waals surface area (Å²) in [7, 11) is 0. The number of carbonyl (C=O) groups excluding carboxylic acids is 1. The first-order valence-corrected chi connectivity index (χ1v) is 4.50. The summed E-state index contributed by atoms with van der Waals surface area (Å²) < 4.78 is 5.94. The zero-order valence-electron chi connectivity index (χ0n) is 8.51. The van der Waals surface area contributed by atoms with Crippen molar-refractivity contribution in [2.75, 3.05) is 6.61 Å². The van der Waals surface area contributed by atoms with Gasteiger partial charge in [0.25, 0.3) is 0 Å². The van der Waals surface area contributed by atoms with Gasteiger partial charge in [-0.25, -0.2) is 9.59 Å². The van der Waals surface area contributed by atoms with Gasteiger partial charge in [-0.2, -0.15) is 5.10 Å². The zero-order valence-corrected chi connectivity index (χ0v) is 8.51. The maximum Gasteiger partial charge on any atom is 0.341 e. The second-order valence-electron chi connectivity index (χ2n) is 2.94. The SMILES string of the molecule is CCOC(=O)c1cnn([C@H](C)C(=O)O)c1. The Balaban J connectivity index is 2.80. The summed E-state index contributed by atoms with van der Waals surface area (Å²) in [4.78, 5) is 21.9. The third kappa shape index (κ3) is 2.55. The van der Waals surface area contributed by atoms with E-state index < -0.39 is 18.0 Å². The standard InChI is InChI=1S/C9H12N2O4/c1-3-15-9(14)7-4-10-11(5-7)6(2)8(12)13/h4-6H,3H2,1-2H3,(H,12,13)/t6-/m1/s1. The fraction of sp³-hybridized carbons (Fsp3) is 0.444. The predicted octanol–water partition coefficient (Wildman–Crippen LogP) is 0.705. The number of carboxylic acid groups (broad SMARTS) is 1. The highest BCUT2D eigenvalue weighted by molar-refractivity contribution is 5.88. The van der Waals surface area contributed by atoms with Crippen LogP contribution in [0.2, 0.25) is 0 Å². The molecule has 0 amide bonds. The number of hydrogen-bond acceptors (Lipinski definition) is 4. The molecule has 1 N–H and O–H groups in total. The minimum atomic E-state index is -1.01. The van der Waals surface area contributed by atoms with Crippen LogP contribution in [0.3, 0.4) is 0 Å². The van der Waals surface area contributed by atoms with Gasteiger partial charge >= 0.3 is 11.9 Å². The van der Waals surface area contributed by atoms with Crippen LogP contribution in [0.25, 0.3) is 0 Å². The van der Waals surface area contributed by atoms with E-state index in [1.807, 2.05) is 0 Å². The Morgan fingerprint density at radius 3 is 2.87 bits per heavy atom. The molecule has 1 aromatic heterocycles. The summed E-state index contributed by atoms with van der Waals surface area (Å²) in [6.07, 6.45) is 2.65. The maximum atomic E-state index is 11.2. The monoisotopic (exact) mass is 212 g/mol. The summed E-state index contributed by atoms with van der Waals surface area (Å²) in [5, 5.41) is 12.5. The fourth-order valence-corrected chi connectivity index (χ4v) is 0.983. The second kappa shape index (κ2) is 4.59. The lowest BCUT2D eigenvalue weighted by molar-refractivity contribution is -0.140. The summed E-state index contributed by atoms with van der Waals surface area (Å²) in [6.45, 7) is 3.45. The van der Waals surface area contributed by atoms with Crippen LogP contribution < -0.4 is 0 Å². The molecular weight excluding hydrogens is 200 g/mol. The van der Waals surface area contributed by atoms with Crippen molar-refractivity contribution in [3.8, 4) is 0 Å². The Hall–Kier alpha value is -1.85. The van der Waals surface area contributed by atoms with Crippen molar-refractivity contribution in [1.82, 2.24) is 9.78 Å². The van der Waals surface area contributed by atoms with Crippen LogP contribution in [0.4, 0.5) is 0 Å². The summed E-state index contributed by atoms with van der Waals surface area (Å²) in [5.74, 6) is -1.50. The molecule has 6 nitrogen and oxygen atoms in total. The first kappa shape index (κ1) is 11.2. The van der Waals surface area contributed by atoms with E-state index in [4.69, 9.17) is 9.84 Å². The van der Waals surface area contributed by atoms with E-state index >= 15 is 0 Å². The quantitative estimate of drug-likeness (QED) is 0.743. The molecule has 0 fully saturated rings. The van der Waals surface area contributed by atoms with E-state index in [0.717, 1.165) is 0 Å². The highest BCUT2D eigenvalue weighted by Crippen LogP contribution is 2.07. The molecule has 1 atom stereocenters. The van der Waals surface area contributed by atoms with Gasteiger partial charge in [-0.15, -0.1) is 0 Å². The van der Waals surface area contributed by atoms with E-state index in [-0.39, 0.29) is 12.2 Å². The van der Waals surface area contributed by atoms with Crippen LogP contribution in [0, 0.1) is 0 Å². The maximum absolute atomic E-state index is 11.2. The van der Waals surface area contributed by atoms with Crippen LogP contribution in [0.1, 0.15) is 30.2 Å². The number of aromatic nitrogens is 2. The molecule has 0 aromatic carbocycles. The van der Waals surface area contributed by atoms with Crippen LogP contribution in [0.15, 0.2) is 12.4 Å². The Bertz CT molecular complexity index is 372. The van der Waals surface area contributed by atoms with E-state index in [0.29, 0.717) is 0 Å². The van der Waals surface area contributed by atoms with Gasteiger partial charge in [0.2, 0.25) is 0 Å². The van der Waals surface area contributed by atoms with Crippen molar-refractivity contribution < 1.29 is 19.4 Å². The Morgan fingerprint density at radius 2 is 2.33 bits per heavy atom. The third-order valence-corrected chi connectivity index (χ3v) is 1.87. The van der Waals surface area contributed by atoms with Gasteiger partial charge in [0.05, 0.1) is 18.4 Å². The van der Waals surface area contributed by atoms with Gasteiger partial charge in [-0.1, -0.05) is 0 Å². The average Bonchev–Trinajstić information content (AvgIpc) is 2.65. The molecule has 1 aromatic rings. The van der Waals surface area contributed by atoms with Crippen molar-refractivity contribution in [2.24, 2.45) is 0 Å². The first-order chi connectivity index (χ1) is 7.06. The first-order valence-electron chi connectivity index (χ1n) is 4.50. The minimum absolute atomic E-state index is 0.255. The van der Waals surface area contributed by atoms with Crippen LogP contribution in [-0.4, -0.2) is 33.4 Å². The van der Waals surface area contributed by atoms with Gasteiger partial charge in [0, 0.05) is 6.20 Å². The minimum Gasteiger partial charge on any atom is -0.480 e. The molecule has 0 aliphatic rings. The van der Waals surface area contributed by atoms with Crippen molar-refractivity contribution in [3.05, 3.63) is 18.0 Å². The molecule has 6 heteroatoms. The highest BCUT2D eigenvalue weighted by atomic mass is 16.5. The van der Waals surface area contributed by atoms with Gasteiger partial charge in [-0.05, 0) is 13.8 Å². The summed E-state index contributed by atoms with van der Waals surface area (Å²) >= 11 is 0. The number of hydrogen-bond donors (Lipinski definition) is 1. The zero-order chi connectivity index (χ0) is 11.4. The number of carbonyl (C=O) groups is 2. The van der Waals surface area contributed by atoms with E-state index in [1.54, 1.807) is 6.92 Å². The largest absolute Gasteiger partial charge is 0.480 e. The fourth-order valence-electron chi connectivity index (χ4n) is 0.983. The lowest BCUT2D eigenvalue weighted by atomic mass is 10.3. The molecule has 0 saturated carbocycles. The van der Waals surface area contributed by atoms with Crippen LogP contribution >= 0.6 is 0 Å². The number of ether oxygens (including phenoxy) is 1. The number of rotatable bonds is 4. The molecule has 0 aliphatic carbocycles. The van der Waals surface area contributed by atoms with Gasteiger partial charge in [0.15, 0.2) is 0 Å². The molecule has 1 rings (SSSR count). The summed E-state index contributed by atoms with van der Waals surface area (Å²) in [6, 6.07) is -0.798. The van der Waals surface area contributed by atoms with Crippen molar-refractivity contribution in [3.63, 3.8) is 0 Å². The Labute approximate surface area is 86.5 Å². The second-order valence-corrected chi connectivity index (χ2v) is 2.94. The van der Waals surface area contributed by atoms with Crippen molar-refractivity contribution in [2.45, 2.75) is 19.9 Å².